The van der Waals surface area contributed by atoms with Crippen molar-refractivity contribution in [2.75, 3.05) is 18.1 Å². The summed E-state index contributed by atoms with van der Waals surface area (Å²) in [7, 11) is 0. The van der Waals surface area contributed by atoms with Gasteiger partial charge in [-0.05, 0) is 23.8 Å². The Hall–Kier alpha value is -1.32. The summed E-state index contributed by atoms with van der Waals surface area (Å²) in [6.45, 7) is 0.642. The van der Waals surface area contributed by atoms with Crippen molar-refractivity contribution in [3.05, 3.63) is 59.1 Å². The summed E-state index contributed by atoms with van der Waals surface area (Å²) in [6, 6.07) is 15.4. The molecule has 2 aromatic rings. The number of nitrogen functional groups attached to an aromatic ring is 1. The van der Waals surface area contributed by atoms with Gasteiger partial charge in [-0.2, -0.15) is 11.8 Å². The molecule has 100 valence electrons. The third kappa shape index (κ3) is 4.37. The Morgan fingerprint density at radius 3 is 2.58 bits per heavy atom. The zero-order valence-corrected chi connectivity index (χ0v) is 12.1. The van der Waals surface area contributed by atoms with Gasteiger partial charge in [0, 0.05) is 16.5 Å². The minimum absolute atomic E-state index is 0.642. The van der Waals surface area contributed by atoms with Gasteiger partial charge in [0.1, 0.15) is 5.75 Å². The van der Waals surface area contributed by atoms with Crippen LogP contribution in [-0.2, 0) is 5.75 Å². The van der Waals surface area contributed by atoms with E-state index < -0.39 is 0 Å². The Kier molecular flexibility index (Phi) is 5.43. The highest BCUT2D eigenvalue weighted by Gasteiger charge is 2.00. The molecule has 0 radical (unpaired) electrons. The van der Waals surface area contributed by atoms with E-state index in [2.05, 4.69) is 0 Å². The van der Waals surface area contributed by atoms with Gasteiger partial charge in [0.05, 0.1) is 12.3 Å². The maximum atomic E-state index is 6.09. The van der Waals surface area contributed by atoms with Gasteiger partial charge in [0.15, 0.2) is 0 Å². The van der Waals surface area contributed by atoms with Crippen LogP contribution in [0.15, 0.2) is 48.5 Å². The first-order valence-electron chi connectivity index (χ1n) is 6.06. The quantitative estimate of drug-likeness (QED) is 0.639. The minimum atomic E-state index is 0.642. The summed E-state index contributed by atoms with van der Waals surface area (Å²) in [5.74, 6) is 2.55. The van der Waals surface area contributed by atoms with Crippen molar-refractivity contribution in [2.24, 2.45) is 0 Å². The van der Waals surface area contributed by atoms with Crippen LogP contribution in [0.3, 0.4) is 0 Å². The van der Waals surface area contributed by atoms with Gasteiger partial charge in [-0.3, -0.25) is 0 Å². The van der Waals surface area contributed by atoms with Gasteiger partial charge in [-0.25, -0.2) is 0 Å². The van der Waals surface area contributed by atoms with Gasteiger partial charge in [0.25, 0.3) is 0 Å². The molecule has 0 fully saturated rings. The van der Waals surface area contributed by atoms with Gasteiger partial charge in [-0.1, -0.05) is 41.9 Å². The molecule has 0 saturated heterocycles. The maximum Gasteiger partial charge on any atom is 0.142 e. The average Bonchev–Trinajstić information content (AvgIpc) is 2.42. The first-order chi connectivity index (χ1) is 9.27. The van der Waals surface area contributed by atoms with Crippen LogP contribution in [0.25, 0.3) is 0 Å². The van der Waals surface area contributed by atoms with Crippen LogP contribution >= 0.6 is 23.4 Å². The van der Waals surface area contributed by atoms with Crippen LogP contribution in [0.2, 0.25) is 5.02 Å². The lowest BCUT2D eigenvalue weighted by Gasteiger charge is -2.08. The Balaban J connectivity index is 1.71. The molecule has 0 aromatic heterocycles. The van der Waals surface area contributed by atoms with E-state index >= 15 is 0 Å². The predicted octanol–water partition coefficient (Wildman–Crippen LogP) is 4.23. The molecule has 19 heavy (non-hydrogen) atoms. The number of benzene rings is 2. The lowest BCUT2D eigenvalue weighted by atomic mass is 10.2. The molecule has 0 bridgehead atoms. The highest BCUT2D eigenvalue weighted by Crippen LogP contribution is 2.22. The van der Waals surface area contributed by atoms with E-state index in [1.165, 1.54) is 0 Å². The van der Waals surface area contributed by atoms with E-state index in [0.29, 0.717) is 12.3 Å². The van der Waals surface area contributed by atoms with E-state index in [0.717, 1.165) is 27.8 Å². The van der Waals surface area contributed by atoms with Crippen molar-refractivity contribution >= 4 is 29.1 Å². The number of halogens is 1. The molecule has 4 heteroatoms. The summed E-state index contributed by atoms with van der Waals surface area (Å²) < 4.78 is 5.63. The maximum absolute atomic E-state index is 6.09. The van der Waals surface area contributed by atoms with Crippen molar-refractivity contribution in [3.63, 3.8) is 0 Å². The number of hydrogen-bond donors (Lipinski definition) is 1. The van der Waals surface area contributed by atoms with Gasteiger partial charge in [-0.15, -0.1) is 0 Å². The monoisotopic (exact) mass is 293 g/mol. The second kappa shape index (κ2) is 7.31. The number of anilines is 1. The molecule has 0 amide bonds. The van der Waals surface area contributed by atoms with Gasteiger partial charge in [0.2, 0.25) is 0 Å². The van der Waals surface area contributed by atoms with Crippen molar-refractivity contribution < 1.29 is 4.74 Å². The van der Waals surface area contributed by atoms with Gasteiger partial charge >= 0.3 is 0 Å². The number of hydrogen-bond acceptors (Lipinski definition) is 3. The molecule has 2 rings (SSSR count). The molecular formula is C15H16ClNOS. The second-order valence-corrected chi connectivity index (χ2v) is 5.54. The third-order valence-electron chi connectivity index (χ3n) is 2.62. The fourth-order valence-corrected chi connectivity index (χ4v) is 2.72. The third-order valence-corrected chi connectivity index (χ3v) is 3.96. The van der Waals surface area contributed by atoms with Crippen molar-refractivity contribution in [3.8, 4) is 5.75 Å². The van der Waals surface area contributed by atoms with E-state index in [9.17, 15) is 0 Å². The largest absolute Gasteiger partial charge is 0.491 e. The first kappa shape index (κ1) is 14.1. The highest BCUT2D eigenvalue weighted by atomic mass is 35.5. The smallest absolute Gasteiger partial charge is 0.142 e. The van der Waals surface area contributed by atoms with E-state index in [1.54, 1.807) is 11.8 Å². The molecule has 0 heterocycles. The van der Waals surface area contributed by atoms with Crippen LogP contribution in [0.5, 0.6) is 5.75 Å². The minimum Gasteiger partial charge on any atom is -0.491 e. The molecule has 0 aliphatic heterocycles. The molecular weight excluding hydrogens is 278 g/mol. The molecule has 0 unspecified atom stereocenters. The van der Waals surface area contributed by atoms with Crippen LogP contribution in [0.1, 0.15) is 5.56 Å². The standard InChI is InChI=1S/C15H16ClNOS/c16-13-6-2-1-5-12(13)11-19-10-9-18-15-8-4-3-7-14(15)17/h1-8H,9-11,17H2. The lowest BCUT2D eigenvalue weighted by Crippen LogP contribution is -2.02. The topological polar surface area (TPSA) is 35.2 Å². The normalized spacial score (nSPS) is 10.4. The van der Waals surface area contributed by atoms with Crippen LogP contribution in [0.4, 0.5) is 5.69 Å². The summed E-state index contributed by atoms with van der Waals surface area (Å²) in [5.41, 5.74) is 7.64. The molecule has 2 N–H and O–H groups in total. The van der Waals surface area contributed by atoms with E-state index in [-0.39, 0.29) is 0 Å². The molecule has 0 aliphatic carbocycles. The fourth-order valence-electron chi connectivity index (χ4n) is 1.62. The number of thioether (sulfide) groups is 1. The Morgan fingerprint density at radius 2 is 1.79 bits per heavy atom. The highest BCUT2D eigenvalue weighted by molar-refractivity contribution is 7.98. The number of para-hydroxylation sites is 2. The molecule has 0 atom stereocenters. The molecule has 0 aliphatic rings. The van der Waals surface area contributed by atoms with Crippen molar-refractivity contribution in [1.29, 1.82) is 0 Å². The van der Waals surface area contributed by atoms with Gasteiger partial charge < -0.3 is 10.5 Å². The van der Waals surface area contributed by atoms with Crippen molar-refractivity contribution in [1.82, 2.24) is 0 Å². The Bertz CT molecular complexity index is 486. The van der Waals surface area contributed by atoms with Crippen LogP contribution < -0.4 is 10.5 Å². The predicted molar refractivity (Wildman–Crippen MR) is 84.0 cm³/mol. The molecule has 0 saturated carbocycles. The van der Waals surface area contributed by atoms with Crippen LogP contribution in [-0.4, -0.2) is 12.4 Å². The van der Waals surface area contributed by atoms with E-state index in [1.807, 2.05) is 48.5 Å². The number of ether oxygens (including phenoxy) is 1. The van der Waals surface area contributed by atoms with E-state index in [4.69, 9.17) is 22.1 Å². The SMILES string of the molecule is Nc1ccccc1OCCSCc1ccccc1Cl. The zero-order valence-electron chi connectivity index (χ0n) is 10.5. The molecule has 2 aromatic carbocycles. The summed E-state index contributed by atoms with van der Waals surface area (Å²) in [5, 5.41) is 0.822. The summed E-state index contributed by atoms with van der Waals surface area (Å²) >= 11 is 7.89. The van der Waals surface area contributed by atoms with Crippen LogP contribution in [0, 0.1) is 0 Å². The molecule has 2 nitrogen and oxygen atoms in total. The summed E-state index contributed by atoms with van der Waals surface area (Å²) in [4.78, 5) is 0. The zero-order chi connectivity index (χ0) is 13.5. The lowest BCUT2D eigenvalue weighted by molar-refractivity contribution is 0.346. The number of nitrogens with two attached hydrogens (primary N) is 1. The Morgan fingerprint density at radius 1 is 1.05 bits per heavy atom. The summed E-state index contributed by atoms with van der Waals surface area (Å²) in [6.07, 6.45) is 0. The Labute approximate surface area is 122 Å². The average molecular weight is 294 g/mol. The van der Waals surface area contributed by atoms with Crippen molar-refractivity contribution in [2.45, 2.75) is 5.75 Å². The second-order valence-electron chi connectivity index (χ2n) is 4.03. The molecule has 0 spiro atoms. The fraction of sp³-hybridized carbons (Fsp3) is 0.200. The number of rotatable bonds is 6. The first-order valence-corrected chi connectivity index (χ1v) is 7.59.